The number of hydrogen-bond acceptors (Lipinski definition) is 3. The lowest BCUT2D eigenvalue weighted by atomic mass is 9.76. The molecule has 0 aromatic carbocycles. The smallest absolute Gasteiger partial charge is 0.303 e. The molecule has 0 radical (unpaired) electrons. The third-order valence-corrected chi connectivity index (χ3v) is 5.86. The van der Waals surface area contributed by atoms with Crippen LogP contribution < -0.4 is 5.32 Å². The molecule has 0 amide bonds. The van der Waals surface area contributed by atoms with Crippen molar-refractivity contribution in [1.29, 1.82) is 0 Å². The topological polar surface area (TPSA) is 58.6 Å². The molecule has 0 aliphatic carbocycles. The molecule has 4 unspecified atom stereocenters. The van der Waals surface area contributed by atoms with Crippen LogP contribution in [0, 0.1) is 11.8 Å². The Bertz CT molecular complexity index is 361. The molecule has 2 rings (SSSR count). The highest BCUT2D eigenvalue weighted by Crippen LogP contribution is 2.45. The van der Waals surface area contributed by atoms with Crippen molar-refractivity contribution in [3.8, 4) is 0 Å². The fraction of sp³-hybridized carbons (Fsp3) is 0.950. The van der Waals surface area contributed by atoms with Crippen molar-refractivity contribution >= 4 is 5.97 Å². The third-order valence-electron chi connectivity index (χ3n) is 5.86. The number of rotatable bonds is 14. The number of aliphatic carboxylic acids is 1. The van der Waals surface area contributed by atoms with Crippen molar-refractivity contribution in [2.75, 3.05) is 13.1 Å². The van der Waals surface area contributed by atoms with Crippen LogP contribution in [0.15, 0.2) is 0 Å². The number of ether oxygens (including phenoxy) is 1. The summed E-state index contributed by atoms with van der Waals surface area (Å²) in [6.45, 7) is 4.53. The number of carbonyl (C=O) groups is 1. The van der Waals surface area contributed by atoms with Gasteiger partial charge in [0, 0.05) is 18.9 Å². The normalized spacial score (nSPS) is 28.5. The molecule has 2 fully saturated rings. The summed E-state index contributed by atoms with van der Waals surface area (Å²) in [4.78, 5) is 10.5. The Hall–Kier alpha value is -0.610. The van der Waals surface area contributed by atoms with E-state index in [0.29, 0.717) is 24.5 Å². The van der Waals surface area contributed by atoms with Gasteiger partial charge in [-0.05, 0) is 44.6 Å². The highest BCUT2D eigenvalue weighted by Gasteiger charge is 2.47. The maximum Gasteiger partial charge on any atom is 0.303 e. The Morgan fingerprint density at radius 2 is 1.71 bits per heavy atom. The maximum absolute atomic E-state index is 10.5. The third kappa shape index (κ3) is 6.36. The van der Waals surface area contributed by atoms with Crippen molar-refractivity contribution in [3.63, 3.8) is 0 Å². The van der Waals surface area contributed by atoms with Crippen LogP contribution in [0.2, 0.25) is 0 Å². The number of hydrogen-bond donors (Lipinski definition) is 2. The van der Waals surface area contributed by atoms with E-state index in [4.69, 9.17) is 9.84 Å². The summed E-state index contributed by atoms with van der Waals surface area (Å²) < 4.78 is 6.19. The first-order chi connectivity index (χ1) is 11.7. The number of unbranched alkanes of at least 4 members (excludes halogenated alkanes) is 6. The molecule has 0 aromatic rings. The standard InChI is InChI=1S/C20H37NO3/c1-2-3-4-9-14-21-15-17-16(18-12-13-19(17)24-18)10-7-5-6-8-11-20(22)23/h16-19,21H,2-15H2,1H3,(H,22,23). The zero-order valence-electron chi connectivity index (χ0n) is 15.5. The zero-order valence-corrected chi connectivity index (χ0v) is 15.5. The van der Waals surface area contributed by atoms with Gasteiger partial charge in [-0.15, -0.1) is 0 Å². The minimum atomic E-state index is -0.665. The molecule has 2 N–H and O–H groups in total. The van der Waals surface area contributed by atoms with Crippen LogP contribution in [0.3, 0.4) is 0 Å². The second-order valence-corrected chi connectivity index (χ2v) is 7.73. The first-order valence-electron chi connectivity index (χ1n) is 10.3. The summed E-state index contributed by atoms with van der Waals surface area (Å²) in [7, 11) is 0. The molecule has 0 aromatic heterocycles. The van der Waals surface area contributed by atoms with E-state index in [2.05, 4.69) is 12.2 Å². The Morgan fingerprint density at radius 3 is 2.46 bits per heavy atom. The molecule has 140 valence electrons. The molecule has 24 heavy (non-hydrogen) atoms. The van der Waals surface area contributed by atoms with Gasteiger partial charge in [-0.2, -0.15) is 0 Å². The number of carboxylic acid groups (broad SMARTS) is 1. The van der Waals surface area contributed by atoms with Crippen molar-refractivity contribution in [3.05, 3.63) is 0 Å². The lowest BCUT2D eigenvalue weighted by Crippen LogP contribution is -2.36. The quantitative estimate of drug-likeness (QED) is 0.461. The lowest BCUT2D eigenvalue weighted by molar-refractivity contribution is -0.137. The maximum atomic E-state index is 10.5. The highest BCUT2D eigenvalue weighted by molar-refractivity contribution is 5.66. The molecule has 4 atom stereocenters. The molecule has 2 saturated heterocycles. The van der Waals surface area contributed by atoms with Crippen LogP contribution in [0.1, 0.15) is 84.0 Å². The van der Waals surface area contributed by atoms with Crippen LogP contribution in [0.5, 0.6) is 0 Å². The predicted octanol–water partition coefficient (Wildman–Crippen LogP) is 4.38. The Morgan fingerprint density at radius 1 is 1.00 bits per heavy atom. The van der Waals surface area contributed by atoms with E-state index in [0.717, 1.165) is 31.8 Å². The van der Waals surface area contributed by atoms with E-state index in [1.807, 2.05) is 0 Å². The van der Waals surface area contributed by atoms with Gasteiger partial charge in [0.2, 0.25) is 0 Å². The van der Waals surface area contributed by atoms with Gasteiger partial charge in [0.05, 0.1) is 12.2 Å². The minimum Gasteiger partial charge on any atom is -0.481 e. The van der Waals surface area contributed by atoms with Gasteiger partial charge in [-0.25, -0.2) is 0 Å². The lowest BCUT2D eigenvalue weighted by Gasteiger charge is -2.28. The van der Waals surface area contributed by atoms with Crippen molar-refractivity contribution in [2.45, 2.75) is 96.2 Å². The summed E-state index contributed by atoms with van der Waals surface area (Å²) in [5.41, 5.74) is 0. The Kier molecular flexibility index (Phi) is 9.11. The zero-order chi connectivity index (χ0) is 17.2. The van der Waals surface area contributed by atoms with Gasteiger partial charge in [0.1, 0.15) is 0 Å². The van der Waals surface area contributed by atoms with Crippen LogP contribution >= 0.6 is 0 Å². The molecule has 4 nitrogen and oxygen atoms in total. The van der Waals surface area contributed by atoms with Crippen LogP contribution in [0.4, 0.5) is 0 Å². The summed E-state index contributed by atoms with van der Waals surface area (Å²) >= 11 is 0. The summed E-state index contributed by atoms with van der Waals surface area (Å²) in [6.07, 6.45) is 14.6. The number of carboxylic acids is 1. The molecule has 2 bridgehead atoms. The van der Waals surface area contributed by atoms with Gasteiger partial charge in [-0.1, -0.05) is 45.4 Å². The predicted molar refractivity (Wildman–Crippen MR) is 97.2 cm³/mol. The molecular weight excluding hydrogens is 302 g/mol. The SMILES string of the molecule is CCCCCCNCC1C2CCC(O2)C1CCCCCCC(=O)O. The van der Waals surface area contributed by atoms with Crippen LogP contribution in [-0.2, 0) is 9.53 Å². The second kappa shape index (κ2) is 11.1. The van der Waals surface area contributed by atoms with Gasteiger partial charge in [0.15, 0.2) is 0 Å². The molecule has 0 spiro atoms. The van der Waals surface area contributed by atoms with Crippen molar-refractivity contribution < 1.29 is 14.6 Å². The van der Waals surface area contributed by atoms with E-state index < -0.39 is 5.97 Å². The van der Waals surface area contributed by atoms with E-state index in [-0.39, 0.29) is 0 Å². The summed E-state index contributed by atoms with van der Waals surface area (Å²) in [5.74, 6) is 0.766. The molecule has 4 heteroatoms. The summed E-state index contributed by atoms with van der Waals surface area (Å²) in [5, 5.41) is 12.4. The highest BCUT2D eigenvalue weighted by atomic mass is 16.5. The number of nitrogens with one attached hydrogen (secondary N) is 1. The van der Waals surface area contributed by atoms with E-state index in [1.165, 1.54) is 57.8 Å². The molecule has 0 saturated carbocycles. The average Bonchev–Trinajstić information content (AvgIpc) is 3.15. The first kappa shape index (κ1) is 19.7. The fourth-order valence-electron chi connectivity index (χ4n) is 4.51. The Labute approximate surface area is 147 Å². The molecular formula is C20H37NO3. The van der Waals surface area contributed by atoms with Gasteiger partial charge in [-0.3, -0.25) is 4.79 Å². The minimum absolute atomic E-state index is 0.321. The van der Waals surface area contributed by atoms with Crippen molar-refractivity contribution in [1.82, 2.24) is 5.32 Å². The largest absolute Gasteiger partial charge is 0.481 e. The second-order valence-electron chi connectivity index (χ2n) is 7.73. The average molecular weight is 340 g/mol. The van der Waals surface area contributed by atoms with Gasteiger partial charge in [0.25, 0.3) is 0 Å². The fourth-order valence-corrected chi connectivity index (χ4v) is 4.51. The monoisotopic (exact) mass is 339 g/mol. The Balaban J connectivity index is 1.59. The van der Waals surface area contributed by atoms with E-state index in [9.17, 15) is 4.79 Å². The van der Waals surface area contributed by atoms with Gasteiger partial charge >= 0.3 is 5.97 Å². The molecule has 2 heterocycles. The van der Waals surface area contributed by atoms with Crippen LogP contribution in [-0.4, -0.2) is 36.4 Å². The van der Waals surface area contributed by atoms with Gasteiger partial charge < -0.3 is 15.2 Å². The number of fused-ring (bicyclic) bond motifs is 2. The first-order valence-corrected chi connectivity index (χ1v) is 10.3. The van der Waals surface area contributed by atoms with Crippen molar-refractivity contribution in [2.24, 2.45) is 11.8 Å². The van der Waals surface area contributed by atoms with E-state index >= 15 is 0 Å². The van der Waals surface area contributed by atoms with Crippen LogP contribution in [0.25, 0.3) is 0 Å². The summed E-state index contributed by atoms with van der Waals surface area (Å²) in [6, 6.07) is 0. The molecule has 2 aliphatic rings. The molecule has 2 aliphatic heterocycles. The van der Waals surface area contributed by atoms with E-state index in [1.54, 1.807) is 0 Å².